The average molecular weight is 246 g/mol. The van der Waals surface area contributed by atoms with Gasteiger partial charge in [0.15, 0.2) is 0 Å². The van der Waals surface area contributed by atoms with E-state index in [0.717, 1.165) is 0 Å². The Morgan fingerprint density at radius 3 is 1.83 bits per heavy atom. The van der Waals surface area contributed by atoms with E-state index in [4.69, 9.17) is 13.3 Å². The maximum absolute atomic E-state index is 9.00. The molecule has 0 aliphatic heterocycles. The number of hydrogen-bond donors (Lipinski definition) is 1. The fraction of sp³-hybridized carbons (Fsp3) is 0. The van der Waals surface area contributed by atoms with Crippen molar-refractivity contribution in [2.45, 2.75) is 0 Å². The Morgan fingerprint density at radius 2 is 1.83 bits per heavy atom. The van der Waals surface area contributed by atoms with Gasteiger partial charge in [0.1, 0.15) is 0 Å². The van der Waals surface area contributed by atoms with E-state index in [0.29, 0.717) is 0 Å². The fourth-order valence-electron chi connectivity index (χ4n) is 0. The second kappa shape index (κ2) is 4.24. The van der Waals surface area contributed by atoms with Crippen molar-refractivity contribution < 1.29 is 82.2 Å². The third-order valence-corrected chi connectivity index (χ3v) is 0. The maximum Gasteiger partial charge on any atom is 1.00 e. The summed E-state index contributed by atoms with van der Waals surface area (Å²) in [5, 5.41) is 0. The van der Waals surface area contributed by atoms with Crippen LogP contribution in [-0.4, -0.2) is 13.3 Å². The summed E-state index contributed by atoms with van der Waals surface area (Å²) in [6.45, 7) is 0. The molecule has 0 aromatic rings. The van der Waals surface area contributed by atoms with Gasteiger partial charge >= 0.3 is 68.9 Å². The summed E-state index contributed by atoms with van der Waals surface area (Å²) in [5.74, 6) is 0. The van der Waals surface area contributed by atoms with Gasteiger partial charge in [-0.15, -0.1) is 0 Å². The first kappa shape index (κ1) is 11.2. The quantitative estimate of drug-likeness (QED) is 0.478. The van der Waals surface area contributed by atoms with Gasteiger partial charge in [0.25, 0.3) is 0 Å². The molecule has 0 aromatic carbocycles. The molecule has 0 saturated heterocycles. The van der Waals surface area contributed by atoms with Crippen molar-refractivity contribution in [1.82, 2.24) is 0 Å². The second-order valence-electron chi connectivity index (χ2n) is 0.428. The van der Waals surface area contributed by atoms with Crippen molar-refractivity contribution in [1.29, 1.82) is 0 Å². The molecule has 0 aliphatic rings. The van der Waals surface area contributed by atoms with Crippen molar-refractivity contribution in [3.8, 4) is 0 Å². The van der Waals surface area contributed by atoms with Crippen LogP contribution >= 0.6 is 0 Å². The molecule has 0 radical (unpaired) electrons. The van der Waals surface area contributed by atoms with Crippen LogP contribution in [0, 0.1) is 0 Å². The third kappa shape index (κ3) is 33.0. The molecule has 0 saturated carbocycles. The molecule has 0 fully saturated rings. The molecule has 0 rings (SSSR count). The van der Waals surface area contributed by atoms with Crippen molar-refractivity contribution in [2.24, 2.45) is 0 Å². The predicted molar refractivity (Wildman–Crippen MR) is 18.9 cm³/mol. The van der Waals surface area contributed by atoms with Crippen LogP contribution in [0.1, 0.15) is 0 Å². The van der Waals surface area contributed by atoms with Crippen LogP contribution < -0.4 is 68.9 Å². The van der Waals surface area contributed by atoms with Crippen LogP contribution in [-0.2, 0) is 20.2 Å². The Hall–Kier alpha value is 2.34. The van der Waals surface area contributed by atoms with E-state index in [1.165, 1.54) is 0 Å². The molecule has 0 amide bonds. The Bertz CT molecular complexity index is 92.0. The van der Waals surface area contributed by atoms with E-state index in [-0.39, 0.29) is 68.9 Å². The molecule has 0 heterocycles. The van der Waals surface area contributed by atoms with Crippen molar-refractivity contribution in [3.05, 3.63) is 0 Å². The van der Waals surface area contributed by atoms with E-state index >= 15 is 0 Å². The van der Waals surface area contributed by atoms with E-state index in [9.17, 15) is 0 Å². The standard InChI is InChI=1S/Cs.H2O3S2/c;1-5(2,3)4/h;(H2,1,2,3,4)/q+1;/p-1. The van der Waals surface area contributed by atoms with Crippen molar-refractivity contribution in [3.63, 3.8) is 0 Å². The first-order chi connectivity index (χ1) is 2.00. The summed E-state index contributed by atoms with van der Waals surface area (Å²) >= 11 is 3.35. The van der Waals surface area contributed by atoms with Gasteiger partial charge in [-0.1, -0.05) is 0 Å². The summed E-state index contributed by atoms with van der Waals surface area (Å²) in [6, 6.07) is 0. The van der Waals surface area contributed by atoms with Crippen LogP contribution in [0.2, 0.25) is 0 Å². The van der Waals surface area contributed by atoms with Crippen molar-refractivity contribution in [2.75, 3.05) is 0 Å². The predicted octanol–water partition coefficient (Wildman–Crippen LogP) is -3.66. The molecule has 0 aromatic heterocycles. The van der Waals surface area contributed by atoms with Crippen LogP contribution in [0.3, 0.4) is 0 Å². The molecular formula is HCsO3S2. The maximum atomic E-state index is 9.00. The molecule has 0 spiro atoms. The Kier molecular flexibility index (Phi) is 7.91. The molecule has 1 unspecified atom stereocenters. The first-order valence-corrected chi connectivity index (χ1v) is 3.05. The normalized spacial score (nSPS) is 17.7. The molecule has 6 heavy (non-hydrogen) atoms. The van der Waals surface area contributed by atoms with Crippen LogP contribution in [0.4, 0.5) is 0 Å². The Labute approximate surface area is 99.6 Å². The Morgan fingerprint density at radius 1 is 1.83 bits per heavy atom. The largest absolute Gasteiger partial charge is 1.00 e. The van der Waals surface area contributed by atoms with Gasteiger partial charge in [-0.3, -0.25) is 0 Å². The van der Waals surface area contributed by atoms with E-state index in [2.05, 4.69) is 11.2 Å². The van der Waals surface area contributed by atoms with E-state index < -0.39 is 9.05 Å². The zero-order valence-electron chi connectivity index (χ0n) is 3.08. The van der Waals surface area contributed by atoms with Gasteiger partial charge in [0, 0.05) is 0 Å². The van der Waals surface area contributed by atoms with Gasteiger partial charge in [-0.2, -0.15) is 0 Å². The average Bonchev–Trinajstić information content (AvgIpc) is 0.722. The monoisotopic (exact) mass is 246 g/mol. The topological polar surface area (TPSA) is 60.4 Å². The SMILES string of the molecule is O=S([O-])(O)=S.[Cs+]. The van der Waals surface area contributed by atoms with Crippen LogP contribution in [0.15, 0.2) is 0 Å². The minimum absolute atomic E-state index is 0. The minimum atomic E-state index is -4.08. The molecule has 3 nitrogen and oxygen atoms in total. The zero-order chi connectivity index (χ0) is 4.50. The Balaban J connectivity index is 0. The molecular weight excluding hydrogens is 245 g/mol. The molecule has 1 N–H and O–H groups in total. The number of hydrogen-bond acceptors (Lipinski definition) is 3. The summed E-state index contributed by atoms with van der Waals surface area (Å²) in [7, 11) is -4.08. The summed E-state index contributed by atoms with van der Waals surface area (Å²) in [5.41, 5.74) is 0. The van der Waals surface area contributed by atoms with Gasteiger partial charge in [0.05, 0.1) is 9.05 Å². The fourth-order valence-corrected chi connectivity index (χ4v) is 0. The first-order valence-electron chi connectivity index (χ1n) is 0.683. The van der Waals surface area contributed by atoms with Gasteiger partial charge in [-0.25, -0.2) is 4.21 Å². The third-order valence-electron chi connectivity index (χ3n) is 0. The molecule has 0 bridgehead atoms. The molecule has 0 aliphatic carbocycles. The zero-order valence-corrected chi connectivity index (χ0v) is 11.0. The summed E-state index contributed by atoms with van der Waals surface area (Å²) in [6.07, 6.45) is 0. The summed E-state index contributed by atoms with van der Waals surface area (Å²) in [4.78, 5) is 0. The van der Waals surface area contributed by atoms with Gasteiger partial charge < -0.3 is 9.11 Å². The van der Waals surface area contributed by atoms with Gasteiger partial charge in [-0.05, 0) is 11.2 Å². The van der Waals surface area contributed by atoms with Gasteiger partial charge in [0.2, 0.25) is 0 Å². The molecule has 1 atom stereocenters. The summed E-state index contributed by atoms with van der Waals surface area (Å²) < 4.78 is 25.3. The van der Waals surface area contributed by atoms with Crippen molar-refractivity contribution >= 4 is 20.2 Å². The van der Waals surface area contributed by atoms with Crippen LogP contribution in [0.25, 0.3) is 0 Å². The molecule has 32 valence electrons. The van der Waals surface area contributed by atoms with E-state index in [1.54, 1.807) is 0 Å². The smallest absolute Gasteiger partial charge is 0.748 e. The number of rotatable bonds is 0. The molecule has 6 heteroatoms. The second-order valence-corrected chi connectivity index (χ2v) is 2.55. The van der Waals surface area contributed by atoms with E-state index in [1.807, 2.05) is 0 Å². The minimum Gasteiger partial charge on any atom is -0.748 e. The van der Waals surface area contributed by atoms with Crippen LogP contribution in [0.5, 0.6) is 0 Å².